The van der Waals surface area contributed by atoms with Crippen molar-refractivity contribution in [3.63, 3.8) is 0 Å². The number of hydrogen-bond acceptors (Lipinski definition) is 7. The molecule has 148 valence electrons. The minimum Gasteiger partial charge on any atom is -0.495 e. The van der Waals surface area contributed by atoms with E-state index in [-0.39, 0.29) is 11.6 Å². The normalized spacial score (nSPS) is 10.2. The Morgan fingerprint density at radius 2 is 1.76 bits per heavy atom. The molecule has 3 rings (SSSR count). The minimum atomic E-state index is -0.484. The monoisotopic (exact) mass is 392 g/mol. The molecule has 1 aromatic heterocycles. The molecule has 2 aromatic carbocycles. The predicted molar refractivity (Wildman–Crippen MR) is 109 cm³/mol. The molecule has 0 radical (unpaired) electrons. The number of rotatable bonds is 6. The van der Waals surface area contributed by atoms with Crippen LogP contribution in [-0.2, 0) is 4.74 Å². The number of carbonyl (C=O) groups excluding carboxylic acids is 2. The number of methoxy groups -OCH3 is 2. The Bertz CT molecular complexity index is 1050. The van der Waals surface area contributed by atoms with Gasteiger partial charge in [0.25, 0.3) is 5.91 Å². The number of hydrogen-bond donors (Lipinski definition) is 2. The van der Waals surface area contributed by atoms with E-state index in [2.05, 4.69) is 20.6 Å². The third-order valence-corrected chi connectivity index (χ3v) is 3.98. The first kappa shape index (κ1) is 19.8. The largest absolute Gasteiger partial charge is 0.495 e. The van der Waals surface area contributed by atoms with Crippen LogP contribution >= 0.6 is 0 Å². The number of carbonyl (C=O) groups is 2. The molecule has 1 heterocycles. The van der Waals surface area contributed by atoms with Gasteiger partial charge in [0.15, 0.2) is 0 Å². The molecule has 0 aliphatic heterocycles. The third kappa shape index (κ3) is 4.86. The van der Waals surface area contributed by atoms with E-state index < -0.39 is 11.9 Å². The fourth-order valence-corrected chi connectivity index (χ4v) is 2.65. The lowest BCUT2D eigenvalue weighted by Gasteiger charge is -2.11. The second-order valence-electron chi connectivity index (χ2n) is 6.07. The Morgan fingerprint density at radius 3 is 2.52 bits per heavy atom. The predicted octanol–water partition coefficient (Wildman–Crippen LogP) is 3.58. The average Bonchev–Trinajstić information content (AvgIpc) is 2.73. The SMILES string of the molecule is COC(=O)c1cccc(NC(=O)c2cc(C)nc(Nc3ccccc3OC)n2)c1. The highest BCUT2D eigenvalue weighted by Gasteiger charge is 2.13. The molecule has 0 spiro atoms. The summed E-state index contributed by atoms with van der Waals surface area (Å²) in [5.41, 5.74) is 2.26. The van der Waals surface area contributed by atoms with E-state index in [1.54, 1.807) is 44.4 Å². The summed E-state index contributed by atoms with van der Waals surface area (Å²) in [5, 5.41) is 5.80. The van der Waals surface area contributed by atoms with Gasteiger partial charge in [-0.15, -0.1) is 0 Å². The van der Waals surface area contributed by atoms with Crippen molar-refractivity contribution in [3.8, 4) is 5.75 Å². The van der Waals surface area contributed by atoms with Gasteiger partial charge in [-0.3, -0.25) is 4.79 Å². The van der Waals surface area contributed by atoms with Gasteiger partial charge in [0, 0.05) is 11.4 Å². The number of benzene rings is 2. The maximum absolute atomic E-state index is 12.7. The summed E-state index contributed by atoms with van der Waals surface area (Å²) in [7, 11) is 2.87. The number of para-hydroxylation sites is 2. The maximum Gasteiger partial charge on any atom is 0.337 e. The molecule has 0 atom stereocenters. The van der Waals surface area contributed by atoms with E-state index in [0.29, 0.717) is 28.4 Å². The summed E-state index contributed by atoms with van der Waals surface area (Å²) in [6.45, 7) is 1.77. The Kier molecular flexibility index (Phi) is 6.03. The summed E-state index contributed by atoms with van der Waals surface area (Å²) in [6, 6.07) is 15.4. The van der Waals surface area contributed by atoms with E-state index in [1.165, 1.54) is 13.2 Å². The molecule has 8 nitrogen and oxygen atoms in total. The van der Waals surface area contributed by atoms with Crippen molar-refractivity contribution in [1.82, 2.24) is 9.97 Å². The highest BCUT2D eigenvalue weighted by Crippen LogP contribution is 2.25. The number of aryl methyl sites for hydroxylation is 1. The fraction of sp³-hybridized carbons (Fsp3) is 0.143. The molecule has 0 saturated carbocycles. The number of anilines is 3. The lowest BCUT2D eigenvalue weighted by Crippen LogP contribution is -2.16. The van der Waals surface area contributed by atoms with Crippen LogP contribution in [0.2, 0.25) is 0 Å². The molecule has 2 N–H and O–H groups in total. The molecule has 8 heteroatoms. The Hall–Kier alpha value is -3.94. The Morgan fingerprint density at radius 1 is 0.966 bits per heavy atom. The topological polar surface area (TPSA) is 102 Å². The van der Waals surface area contributed by atoms with Crippen LogP contribution in [-0.4, -0.2) is 36.1 Å². The summed E-state index contributed by atoms with van der Waals surface area (Å²) >= 11 is 0. The van der Waals surface area contributed by atoms with Gasteiger partial charge >= 0.3 is 5.97 Å². The van der Waals surface area contributed by atoms with Crippen molar-refractivity contribution in [2.75, 3.05) is 24.9 Å². The molecule has 3 aromatic rings. The highest BCUT2D eigenvalue weighted by molar-refractivity contribution is 6.03. The molecule has 0 bridgehead atoms. The van der Waals surface area contributed by atoms with E-state index in [0.717, 1.165) is 0 Å². The number of ether oxygens (including phenoxy) is 2. The Balaban J connectivity index is 1.82. The third-order valence-electron chi connectivity index (χ3n) is 3.98. The van der Waals surface area contributed by atoms with Crippen molar-refractivity contribution in [2.45, 2.75) is 6.92 Å². The first-order valence-electron chi connectivity index (χ1n) is 8.75. The number of nitrogens with one attached hydrogen (secondary N) is 2. The first-order valence-corrected chi connectivity index (χ1v) is 8.75. The molecule has 0 aliphatic carbocycles. The van der Waals surface area contributed by atoms with Gasteiger partial charge in [0.05, 0.1) is 25.5 Å². The first-order chi connectivity index (χ1) is 14.0. The molecule has 0 saturated heterocycles. The smallest absolute Gasteiger partial charge is 0.337 e. The van der Waals surface area contributed by atoms with E-state index in [1.807, 2.05) is 18.2 Å². The number of aromatic nitrogens is 2. The van der Waals surface area contributed by atoms with Gasteiger partial charge in [0.1, 0.15) is 11.4 Å². The fourth-order valence-electron chi connectivity index (χ4n) is 2.65. The highest BCUT2D eigenvalue weighted by atomic mass is 16.5. The van der Waals surface area contributed by atoms with Crippen LogP contribution in [0.25, 0.3) is 0 Å². The van der Waals surface area contributed by atoms with Gasteiger partial charge in [-0.05, 0) is 43.3 Å². The quantitative estimate of drug-likeness (QED) is 0.618. The van der Waals surface area contributed by atoms with Gasteiger partial charge in [-0.1, -0.05) is 18.2 Å². The van der Waals surface area contributed by atoms with Crippen molar-refractivity contribution in [2.24, 2.45) is 0 Å². The number of esters is 1. The van der Waals surface area contributed by atoms with E-state index in [4.69, 9.17) is 9.47 Å². The molecule has 0 aliphatic rings. The molecule has 1 amide bonds. The number of amides is 1. The Labute approximate surface area is 167 Å². The lowest BCUT2D eigenvalue weighted by molar-refractivity contribution is 0.0600. The van der Waals surface area contributed by atoms with Crippen molar-refractivity contribution in [1.29, 1.82) is 0 Å². The lowest BCUT2D eigenvalue weighted by atomic mass is 10.2. The van der Waals surface area contributed by atoms with Crippen LogP contribution in [0, 0.1) is 6.92 Å². The second kappa shape index (κ2) is 8.83. The van der Waals surface area contributed by atoms with Crippen molar-refractivity contribution >= 4 is 29.2 Å². The molecule has 0 unspecified atom stereocenters. The van der Waals surface area contributed by atoms with Crippen LogP contribution in [0.3, 0.4) is 0 Å². The van der Waals surface area contributed by atoms with Crippen molar-refractivity contribution in [3.05, 3.63) is 71.5 Å². The summed E-state index contributed by atoms with van der Waals surface area (Å²) in [5.74, 6) is -0.0194. The van der Waals surface area contributed by atoms with E-state index >= 15 is 0 Å². The van der Waals surface area contributed by atoms with Crippen LogP contribution in [0.5, 0.6) is 5.75 Å². The van der Waals surface area contributed by atoms with Crippen LogP contribution in [0.1, 0.15) is 26.5 Å². The summed E-state index contributed by atoms with van der Waals surface area (Å²) in [6.07, 6.45) is 0. The molecule has 0 fully saturated rings. The van der Waals surface area contributed by atoms with Crippen LogP contribution in [0.4, 0.5) is 17.3 Å². The zero-order valence-corrected chi connectivity index (χ0v) is 16.2. The van der Waals surface area contributed by atoms with Crippen LogP contribution < -0.4 is 15.4 Å². The zero-order valence-electron chi connectivity index (χ0n) is 16.2. The molecular formula is C21H20N4O4. The minimum absolute atomic E-state index is 0.179. The zero-order chi connectivity index (χ0) is 20.8. The van der Waals surface area contributed by atoms with Gasteiger partial charge in [-0.2, -0.15) is 0 Å². The molecular weight excluding hydrogens is 372 g/mol. The van der Waals surface area contributed by atoms with Gasteiger partial charge < -0.3 is 20.1 Å². The molecule has 29 heavy (non-hydrogen) atoms. The van der Waals surface area contributed by atoms with Crippen molar-refractivity contribution < 1.29 is 19.1 Å². The second-order valence-corrected chi connectivity index (χ2v) is 6.07. The average molecular weight is 392 g/mol. The van der Waals surface area contributed by atoms with E-state index in [9.17, 15) is 9.59 Å². The van der Waals surface area contributed by atoms with Gasteiger partial charge in [-0.25, -0.2) is 14.8 Å². The maximum atomic E-state index is 12.7. The summed E-state index contributed by atoms with van der Waals surface area (Å²) in [4.78, 5) is 33.0. The van der Waals surface area contributed by atoms with Crippen LogP contribution in [0.15, 0.2) is 54.6 Å². The number of nitrogens with zero attached hydrogens (tertiary/aromatic N) is 2. The van der Waals surface area contributed by atoms with Gasteiger partial charge in [0.2, 0.25) is 5.95 Å². The standard InChI is InChI=1S/C21H20N4O4/c1-13-11-17(19(26)23-15-8-6-7-14(12-15)20(27)29-3)25-21(22-13)24-16-9-4-5-10-18(16)28-2/h4-12H,1-3H3,(H,23,26)(H,22,24,25). The summed E-state index contributed by atoms with van der Waals surface area (Å²) < 4.78 is 10.0.